The van der Waals surface area contributed by atoms with Crippen LogP contribution in [0.25, 0.3) is 0 Å². The molecule has 1 atom stereocenters. The number of rotatable bonds is 4. The summed E-state index contributed by atoms with van der Waals surface area (Å²) in [6, 6.07) is -0.0803. The maximum Gasteiger partial charge on any atom is 0.239 e. The molecule has 1 fully saturated rings. The molecule has 0 radical (unpaired) electrons. The normalized spacial score (nSPS) is 20.1. The Morgan fingerprint density at radius 2 is 2.00 bits per heavy atom. The Morgan fingerprint density at radius 3 is 2.47 bits per heavy atom. The second-order valence-electron chi connectivity index (χ2n) is 5.33. The van der Waals surface area contributed by atoms with Crippen LogP contribution in [0.2, 0.25) is 0 Å². The molecule has 1 N–H and O–H groups in total. The van der Waals surface area contributed by atoms with E-state index in [1.54, 1.807) is 25.8 Å². The number of amides is 1. The number of nitrogens with zero attached hydrogens (tertiary/aromatic N) is 2. The molecule has 1 aliphatic rings. The van der Waals surface area contributed by atoms with Gasteiger partial charge >= 0.3 is 0 Å². The van der Waals surface area contributed by atoms with Crippen molar-refractivity contribution in [3.05, 3.63) is 0 Å². The van der Waals surface area contributed by atoms with E-state index in [-0.39, 0.29) is 11.9 Å². The topological polar surface area (TPSA) is 43.8 Å². The van der Waals surface area contributed by atoms with Crippen LogP contribution in [0.4, 0.5) is 0 Å². The molecule has 0 bridgehead atoms. The van der Waals surface area contributed by atoms with Gasteiger partial charge < -0.3 is 10.0 Å². The van der Waals surface area contributed by atoms with Crippen LogP contribution in [0.3, 0.4) is 0 Å². The van der Waals surface area contributed by atoms with Crippen molar-refractivity contribution in [2.45, 2.75) is 32.4 Å². The fourth-order valence-electron chi connectivity index (χ4n) is 2.10. The summed E-state index contributed by atoms with van der Waals surface area (Å²) in [4.78, 5) is 16.0. The van der Waals surface area contributed by atoms with Crippen molar-refractivity contribution < 1.29 is 9.90 Å². The summed E-state index contributed by atoms with van der Waals surface area (Å²) in [6.45, 7) is 7.73. The zero-order valence-electron chi connectivity index (χ0n) is 11.3. The molecule has 5 heteroatoms. The van der Waals surface area contributed by atoms with Crippen LogP contribution in [0.1, 0.15) is 20.8 Å². The van der Waals surface area contributed by atoms with Crippen LogP contribution in [0.5, 0.6) is 0 Å². The van der Waals surface area contributed by atoms with Gasteiger partial charge in [-0.15, -0.1) is 0 Å². The molecule has 4 nitrogen and oxygen atoms in total. The van der Waals surface area contributed by atoms with Crippen molar-refractivity contribution >= 4 is 17.7 Å². The molecule has 1 amide bonds. The van der Waals surface area contributed by atoms with E-state index >= 15 is 0 Å². The molecule has 0 aromatic carbocycles. The average molecular weight is 260 g/mol. The quantitative estimate of drug-likeness (QED) is 0.806. The van der Waals surface area contributed by atoms with Crippen LogP contribution in [0, 0.1) is 0 Å². The summed E-state index contributed by atoms with van der Waals surface area (Å²) >= 11 is 1.94. The summed E-state index contributed by atoms with van der Waals surface area (Å²) in [5, 5.41) is 9.72. The van der Waals surface area contributed by atoms with E-state index in [1.165, 1.54) is 0 Å². The number of hydrogen-bond acceptors (Lipinski definition) is 4. The zero-order chi connectivity index (χ0) is 13.1. The van der Waals surface area contributed by atoms with Gasteiger partial charge in [-0.3, -0.25) is 9.69 Å². The van der Waals surface area contributed by atoms with Gasteiger partial charge in [0, 0.05) is 38.2 Å². The third-order valence-corrected chi connectivity index (χ3v) is 3.89. The van der Waals surface area contributed by atoms with Gasteiger partial charge in [0.25, 0.3) is 0 Å². The lowest BCUT2D eigenvalue weighted by atomic mass is 10.1. The van der Waals surface area contributed by atoms with Crippen molar-refractivity contribution in [2.24, 2.45) is 0 Å². The fraction of sp³-hybridized carbons (Fsp3) is 0.917. The molecule has 0 aromatic rings. The van der Waals surface area contributed by atoms with Gasteiger partial charge in [-0.25, -0.2) is 0 Å². The first kappa shape index (κ1) is 14.8. The first-order chi connectivity index (χ1) is 7.81. The van der Waals surface area contributed by atoms with Crippen LogP contribution in [0.15, 0.2) is 0 Å². The highest BCUT2D eigenvalue weighted by Gasteiger charge is 2.27. The molecule has 1 heterocycles. The molecule has 0 spiro atoms. The second kappa shape index (κ2) is 6.07. The van der Waals surface area contributed by atoms with E-state index in [0.29, 0.717) is 6.54 Å². The lowest BCUT2D eigenvalue weighted by molar-refractivity contribution is -0.137. The molecule has 17 heavy (non-hydrogen) atoms. The fourth-order valence-corrected chi connectivity index (χ4v) is 3.03. The second-order valence-corrected chi connectivity index (χ2v) is 6.56. The Hall–Kier alpha value is -0.260. The number of hydrogen-bond donors (Lipinski definition) is 1. The first-order valence-electron chi connectivity index (χ1n) is 6.10. The highest BCUT2D eigenvalue weighted by Crippen LogP contribution is 2.14. The van der Waals surface area contributed by atoms with E-state index < -0.39 is 5.60 Å². The highest BCUT2D eigenvalue weighted by molar-refractivity contribution is 7.99. The number of thioether (sulfide) groups is 1. The molecule has 1 saturated heterocycles. The average Bonchev–Trinajstić information content (AvgIpc) is 2.26. The van der Waals surface area contributed by atoms with Gasteiger partial charge in [0.05, 0.1) is 11.6 Å². The Bertz CT molecular complexity index is 260. The predicted molar refractivity (Wildman–Crippen MR) is 72.3 cm³/mol. The Morgan fingerprint density at radius 1 is 1.47 bits per heavy atom. The van der Waals surface area contributed by atoms with E-state index in [4.69, 9.17) is 0 Å². The van der Waals surface area contributed by atoms with E-state index in [2.05, 4.69) is 4.90 Å². The van der Waals surface area contributed by atoms with E-state index in [1.807, 2.05) is 18.7 Å². The van der Waals surface area contributed by atoms with Gasteiger partial charge in [-0.05, 0) is 20.8 Å². The van der Waals surface area contributed by atoms with E-state index in [0.717, 1.165) is 24.6 Å². The van der Waals surface area contributed by atoms with Crippen molar-refractivity contribution in [3.8, 4) is 0 Å². The lowest BCUT2D eigenvalue weighted by Gasteiger charge is -2.34. The summed E-state index contributed by atoms with van der Waals surface area (Å²) in [5.41, 5.74) is -0.831. The van der Waals surface area contributed by atoms with Gasteiger partial charge in [0.2, 0.25) is 5.91 Å². The van der Waals surface area contributed by atoms with Crippen molar-refractivity contribution in [2.75, 3.05) is 38.2 Å². The summed E-state index contributed by atoms with van der Waals surface area (Å²) < 4.78 is 0. The van der Waals surface area contributed by atoms with Crippen molar-refractivity contribution in [1.29, 1.82) is 0 Å². The number of aliphatic hydroxyl groups is 1. The molecular formula is C12H24N2O2S. The number of carbonyl (C=O) groups is 1. The van der Waals surface area contributed by atoms with Crippen LogP contribution in [-0.2, 0) is 4.79 Å². The van der Waals surface area contributed by atoms with Crippen LogP contribution >= 0.6 is 11.8 Å². The first-order valence-corrected chi connectivity index (χ1v) is 7.26. The molecule has 1 rings (SSSR count). The minimum absolute atomic E-state index is 0.0803. The molecule has 0 saturated carbocycles. The Labute approximate surface area is 108 Å². The molecule has 1 unspecified atom stereocenters. The lowest BCUT2D eigenvalue weighted by Crippen LogP contribution is -2.51. The summed E-state index contributed by atoms with van der Waals surface area (Å²) in [5.74, 6) is 2.30. The maximum absolute atomic E-state index is 12.2. The largest absolute Gasteiger partial charge is 0.389 e. The van der Waals surface area contributed by atoms with E-state index in [9.17, 15) is 9.90 Å². The van der Waals surface area contributed by atoms with Gasteiger partial charge in [0.1, 0.15) is 0 Å². The molecule has 100 valence electrons. The van der Waals surface area contributed by atoms with Crippen LogP contribution < -0.4 is 0 Å². The zero-order valence-corrected chi connectivity index (χ0v) is 12.1. The number of carbonyl (C=O) groups excluding carboxylic acids is 1. The minimum atomic E-state index is -0.831. The number of likely N-dealkylation sites (N-methyl/N-ethyl adjacent to an activating group) is 1. The standard InChI is InChI=1S/C12H24N2O2S/c1-10(14-5-7-17-8-6-14)11(15)13(4)9-12(2,3)16/h10,16H,5-9H2,1-4H3. The predicted octanol–water partition coefficient (Wildman–Crippen LogP) is 0.653. The molecule has 0 aromatic heterocycles. The minimum Gasteiger partial charge on any atom is -0.389 e. The van der Waals surface area contributed by atoms with Gasteiger partial charge in [0.15, 0.2) is 0 Å². The summed E-state index contributed by atoms with van der Waals surface area (Å²) in [6.07, 6.45) is 0. The molecule has 0 aliphatic carbocycles. The van der Waals surface area contributed by atoms with Gasteiger partial charge in [-0.1, -0.05) is 0 Å². The third-order valence-electron chi connectivity index (χ3n) is 2.95. The SMILES string of the molecule is CC(C(=O)N(C)CC(C)(C)O)N1CCSCC1. The molecular weight excluding hydrogens is 236 g/mol. The Kier molecular flexibility index (Phi) is 5.28. The van der Waals surface area contributed by atoms with Crippen LogP contribution in [-0.4, -0.2) is 70.6 Å². The monoisotopic (exact) mass is 260 g/mol. The van der Waals surface area contributed by atoms with Gasteiger partial charge in [-0.2, -0.15) is 11.8 Å². The Balaban J connectivity index is 2.50. The third kappa shape index (κ3) is 4.85. The van der Waals surface area contributed by atoms with Crippen molar-refractivity contribution in [1.82, 2.24) is 9.80 Å². The maximum atomic E-state index is 12.2. The van der Waals surface area contributed by atoms with Crippen molar-refractivity contribution in [3.63, 3.8) is 0 Å². The highest BCUT2D eigenvalue weighted by atomic mass is 32.2. The summed E-state index contributed by atoms with van der Waals surface area (Å²) in [7, 11) is 1.76. The smallest absolute Gasteiger partial charge is 0.239 e. The molecule has 1 aliphatic heterocycles.